The molecule has 0 aliphatic heterocycles. The Bertz CT molecular complexity index is 590. The zero-order valence-electron chi connectivity index (χ0n) is 15.1. The van der Waals surface area contributed by atoms with E-state index in [1.807, 2.05) is 27.3 Å². The molecular weight excluding hydrogens is 311 g/mol. The molecule has 24 heavy (non-hydrogen) atoms. The summed E-state index contributed by atoms with van der Waals surface area (Å²) in [5, 5.41) is 2.76. The third-order valence-corrected chi connectivity index (χ3v) is 4.33. The van der Waals surface area contributed by atoms with Crippen molar-refractivity contribution in [2.75, 3.05) is 31.6 Å². The smallest absolute Gasteiger partial charge is 0.340 e. The number of ether oxygens (including phenoxy) is 1. The van der Waals surface area contributed by atoms with Gasteiger partial charge in [0.25, 0.3) is 5.91 Å². The van der Waals surface area contributed by atoms with Gasteiger partial charge in [-0.05, 0) is 45.4 Å². The van der Waals surface area contributed by atoms with Crippen molar-refractivity contribution < 1.29 is 23.2 Å². The van der Waals surface area contributed by atoms with Gasteiger partial charge in [-0.3, -0.25) is 4.79 Å². The lowest BCUT2D eigenvalue weighted by Gasteiger charge is -2.44. The molecule has 0 bridgehead atoms. The van der Waals surface area contributed by atoms with Gasteiger partial charge < -0.3 is 14.5 Å². The summed E-state index contributed by atoms with van der Waals surface area (Å²) >= 11 is 0. The van der Waals surface area contributed by atoms with Gasteiger partial charge in [0, 0.05) is 0 Å². The molecule has 1 amide bonds. The van der Waals surface area contributed by atoms with Crippen LogP contribution in [0.2, 0.25) is 0 Å². The van der Waals surface area contributed by atoms with Crippen LogP contribution in [-0.2, 0) is 9.53 Å². The molecule has 0 spiro atoms. The number of rotatable bonds is 8. The van der Waals surface area contributed by atoms with Gasteiger partial charge in [-0.1, -0.05) is 0 Å². The van der Waals surface area contributed by atoms with Crippen LogP contribution in [0, 0.1) is 19.3 Å². The van der Waals surface area contributed by atoms with E-state index < -0.39 is 11.8 Å². The highest BCUT2D eigenvalue weighted by atomic mass is 19.1. The average Bonchev–Trinajstić information content (AvgIpc) is 2.55. The Morgan fingerprint density at radius 3 is 2.38 bits per heavy atom. The largest absolute Gasteiger partial charge is 0.462 e. The number of quaternary nitrogens is 1. The normalized spacial score (nSPS) is 11.2. The average molecular weight is 338 g/mol. The van der Waals surface area contributed by atoms with Gasteiger partial charge in [-0.2, -0.15) is 0 Å². The van der Waals surface area contributed by atoms with E-state index in [4.69, 9.17) is 4.74 Å². The number of aryl methyl sites for hydroxylation is 1. The molecule has 0 saturated heterocycles. The first kappa shape index (κ1) is 20.1. The predicted molar refractivity (Wildman–Crippen MR) is 91.9 cm³/mol. The summed E-state index contributed by atoms with van der Waals surface area (Å²) in [7, 11) is 0. The highest BCUT2D eigenvalue weighted by Crippen LogP contribution is 2.24. The summed E-state index contributed by atoms with van der Waals surface area (Å²) in [6, 6.07) is 2.38. The van der Waals surface area contributed by atoms with Crippen LogP contribution in [0.5, 0.6) is 0 Å². The molecule has 0 aromatic heterocycles. The molecular formula is C18H27FN2O3. The number of esters is 1. The zero-order chi connectivity index (χ0) is 18.3. The fourth-order valence-electron chi connectivity index (χ4n) is 2.65. The van der Waals surface area contributed by atoms with Gasteiger partial charge in [0.05, 0.1) is 30.9 Å². The first-order valence-corrected chi connectivity index (χ1v) is 8.25. The number of hydrogen-bond acceptors (Lipinski definition) is 3. The Labute approximate surface area is 143 Å². The van der Waals surface area contributed by atoms with Crippen LogP contribution in [0.3, 0.4) is 0 Å². The van der Waals surface area contributed by atoms with Crippen molar-refractivity contribution in [1.82, 2.24) is 0 Å². The van der Waals surface area contributed by atoms with E-state index in [-0.39, 0.29) is 24.6 Å². The van der Waals surface area contributed by atoms with E-state index in [0.29, 0.717) is 15.7 Å². The Morgan fingerprint density at radius 2 is 1.88 bits per heavy atom. The standard InChI is InChI=1S/C18H27FN2O3/c1-6-21(7-2,8-3)12-16(22)20-17-13(5)10-14(19)11-15(17)18(23)24-9-4/h6,10-11H,7-9,12H2,1-5H3,(H,20,22). The topological polar surface area (TPSA) is 55.4 Å². The van der Waals surface area contributed by atoms with Crippen molar-refractivity contribution >= 4 is 17.6 Å². The number of anilines is 1. The number of benzene rings is 1. The molecule has 1 N–H and O–H groups in total. The zero-order valence-corrected chi connectivity index (χ0v) is 15.1. The van der Waals surface area contributed by atoms with Crippen LogP contribution >= 0.6 is 0 Å². The Balaban J connectivity index is 3.09. The molecule has 134 valence electrons. The summed E-state index contributed by atoms with van der Waals surface area (Å²) in [6.07, 6.45) is 0. The van der Waals surface area contributed by atoms with Crippen molar-refractivity contribution in [2.45, 2.75) is 34.6 Å². The van der Waals surface area contributed by atoms with Crippen LogP contribution in [0.1, 0.15) is 43.6 Å². The maximum atomic E-state index is 13.7. The highest BCUT2D eigenvalue weighted by Gasteiger charge is 2.22. The minimum absolute atomic E-state index is 0.0364. The van der Waals surface area contributed by atoms with Gasteiger partial charge in [0.1, 0.15) is 12.4 Å². The number of nitrogens with zero attached hydrogens (tertiary/aromatic N) is 1. The van der Waals surface area contributed by atoms with Crippen molar-refractivity contribution in [3.05, 3.63) is 35.6 Å². The second kappa shape index (κ2) is 8.78. The lowest BCUT2D eigenvalue weighted by atomic mass is 10.1. The number of hydrogen-bond donors (Lipinski definition) is 1. The van der Waals surface area contributed by atoms with Crippen LogP contribution in [0.4, 0.5) is 10.1 Å². The van der Waals surface area contributed by atoms with Crippen LogP contribution in [-0.4, -0.2) is 42.6 Å². The minimum Gasteiger partial charge on any atom is -0.462 e. The molecule has 0 fully saturated rings. The number of likely N-dealkylation sites (N-methyl/N-ethyl adjacent to an activating group) is 1. The van der Waals surface area contributed by atoms with E-state index >= 15 is 0 Å². The monoisotopic (exact) mass is 338 g/mol. The SMILES string of the molecule is C[CH-][N+](CC)(CC)CC(=O)Nc1c(C)cc(F)cc1C(=O)OCC. The predicted octanol–water partition coefficient (Wildman–Crippen LogP) is 3.29. The van der Waals surface area contributed by atoms with E-state index in [1.165, 1.54) is 6.07 Å². The summed E-state index contributed by atoms with van der Waals surface area (Å²) < 4.78 is 19.1. The lowest BCUT2D eigenvalue weighted by Crippen LogP contribution is -2.49. The molecule has 1 rings (SSSR count). The summed E-state index contributed by atoms with van der Waals surface area (Å²) in [4.78, 5) is 24.5. The number of halogens is 1. The third kappa shape index (κ3) is 4.77. The number of nitrogens with one attached hydrogen (secondary N) is 1. The van der Waals surface area contributed by atoms with Gasteiger partial charge in [-0.15, -0.1) is 13.5 Å². The minimum atomic E-state index is -0.649. The summed E-state index contributed by atoms with van der Waals surface area (Å²) in [5.41, 5.74) is 0.827. The molecule has 0 aliphatic rings. The molecule has 5 nitrogen and oxygen atoms in total. The van der Waals surface area contributed by atoms with Crippen LogP contribution in [0.25, 0.3) is 0 Å². The molecule has 6 heteroatoms. The molecule has 0 unspecified atom stereocenters. The fraction of sp³-hybridized carbons (Fsp3) is 0.500. The fourth-order valence-corrected chi connectivity index (χ4v) is 2.65. The first-order chi connectivity index (χ1) is 11.3. The van der Waals surface area contributed by atoms with Crippen molar-refractivity contribution in [1.29, 1.82) is 0 Å². The Kier molecular flexibility index (Phi) is 7.35. The first-order valence-electron chi connectivity index (χ1n) is 8.25. The Morgan fingerprint density at radius 1 is 1.25 bits per heavy atom. The van der Waals surface area contributed by atoms with Gasteiger partial charge in [-0.25, -0.2) is 9.18 Å². The number of amides is 1. The third-order valence-electron chi connectivity index (χ3n) is 4.33. The number of carbonyl (C=O) groups is 2. The van der Waals surface area contributed by atoms with Gasteiger partial charge >= 0.3 is 5.97 Å². The Hall–Kier alpha value is -1.95. The molecule has 0 saturated carbocycles. The maximum absolute atomic E-state index is 13.7. The van der Waals surface area contributed by atoms with Crippen LogP contribution in [0.15, 0.2) is 12.1 Å². The van der Waals surface area contributed by atoms with E-state index in [2.05, 4.69) is 5.32 Å². The molecule has 0 radical (unpaired) electrons. The van der Waals surface area contributed by atoms with E-state index in [9.17, 15) is 14.0 Å². The molecule has 0 heterocycles. The van der Waals surface area contributed by atoms with Crippen LogP contribution < -0.4 is 5.32 Å². The van der Waals surface area contributed by atoms with Crippen molar-refractivity contribution in [3.8, 4) is 0 Å². The molecule has 0 atom stereocenters. The lowest BCUT2D eigenvalue weighted by molar-refractivity contribution is -0.887. The van der Waals surface area contributed by atoms with Crippen molar-refractivity contribution in [3.63, 3.8) is 0 Å². The van der Waals surface area contributed by atoms with E-state index in [0.717, 1.165) is 19.2 Å². The quantitative estimate of drug-likeness (QED) is 0.449. The summed E-state index contributed by atoms with van der Waals surface area (Å²) in [6.45, 7) is 13.3. The number of carbonyl (C=O) groups excluding carboxylic acids is 2. The van der Waals surface area contributed by atoms with Gasteiger partial charge in [0.15, 0.2) is 0 Å². The maximum Gasteiger partial charge on any atom is 0.340 e. The second-order valence-electron chi connectivity index (χ2n) is 5.68. The highest BCUT2D eigenvalue weighted by molar-refractivity contribution is 6.02. The van der Waals surface area contributed by atoms with E-state index in [1.54, 1.807) is 13.8 Å². The summed E-state index contributed by atoms with van der Waals surface area (Å²) in [5.74, 6) is -1.41. The van der Waals surface area contributed by atoms with Crippen molar-refractivity contribution in [2.24, 2.45) is 0 Å². The molecule has 0 aliphatic carbocycles. The second-order valence-corrected chi connectivity index (χ2v) is 5.68. The van der Waals surface area contributed by atoms with Gasteiger partial charge in [0.2, 0.25) is 0 Å². The molecule has 1 aromatic rings. The molecule has 1 aromatic carbocycles.